The largest absolute Gasteiger partial charge is 0.384 e. The zero-order valence-corrected chi connectivity index (χ0v) is 12.7. The van der Waals surface area contributed by atoms with E-state index in [-0.39, 0.29) is 0 Å². The number of aromatic nitrogens is 1. The first-order valence-corrected chi connectivity index (χ1v) is 7.27. The number of pyridine rings is 1. The third kappa shape index (κ3) is 3.91. The Bertz CT molecular complexity index is 414. The van der Waals surface area contributed by atoms with Gasteiger partial charge in [0, 0.05) is 51.6 Å². The Hall–Kier alpha value is -1.17. The molecule has 20 heavy (non-hydrogen) atoms. The van der Waals surface area contributed by atoms with E-state index >= 15 is 0 Å². The van der Waals surface area contributed by atoms with E-state index in [1.165, 1.54) is 5.56 Å². The summed E-state index contributed by atoms with van der Waals surface area (Å²) in [5.41, 5.74) is 6.98. The third-order valence-electron chi connectivity index (χ3n) is 3.98. The molecule has 0 radical (unpaired) electrons. The number of piperazine rings is 1. The molecule has 2 atom stereocenters. The number of ether oxygens (including phenoxy) is 1. The lowest BCUT2D eigenvalue weighted by Gasteiger charge is -2.44. The van der Waals surface area contributed by atoms with Gasteiger partial charge in [0.25, 0.3) is 0 Å². The molecular weight excluding hydrogens is 252 g/mol. The van der Waals surface area contributed by atoms with Crippen LogP contribution in [0.1, 0.15) is 19.4 Å². The summed E-state index contributed by atoms with van der Waals surface area (Å²) in [6, 6.07) is 5.11. The highest BCUT2D eigenvalue weighted by Crippen LogP contribution is 2.18. The Morgan fingerprint density at radius 3 is 2.65 bits per heavy atom. The van der Waals surface area contributed by atoms with E-state index in [2.05, 4.69) is 28.6 Å². The van der Waals surface area contributed by atoms with Crippen molar-refractivity contribution in [2.75, 3.05) is 39.1 Å². The zero-order chi connectivity index (χ0) is 14.5. The van der Waals surface area contributed by atoms with Gasteiger partial charge < -0.3 is 10.5 Å². The van der Waals surface area contributed by atoms with Crippen LogP contribution in [0.2, 0.25) is 0 Å². The number of hydrogen-bond acceptors (Lipinski definition) is 5. The highest BCUT2D eigenvalue weighted by Gasteiger charge is 2.28. The van der Waals surface area contributed by atoms with Crippen molar-refractivity contribution >= 4 is 5.82 Å². The molecule has 1 saturated heterocycles. The molecule has 0 saturated carbocycles. The Morgan fingerprint density at radius 2 is 2.05 bits per heavy atom. The first-order chi connectivity index (χ1) is 9.60. The number of nitrogen functional groups attached to an aromatic ring is 1. The van der Waals surface area contributed by atoms with Crippen molar-refractivity contribution in [3.63, 3.8) is 0 Å². The molecule has 1 aromatic heterocycles. The van der Waals surface area contributed by atoms with Crippen LogP contribution >= 0.6 is 0 Å². The Morgan fingerprint density at radius 1 is 1.35 bits per heavy atom. The summed E-state index contributed by atoms with van der Waals surface area (Å²) in [4.78, 5) is 9.07. The van der Waals surface area contributed by atoms with Gasteiger partial charge in [-0.2, -0.15) is 0 Å². The molecule has 112 valence electrons. The molecule has 0 amide bonds. The monoisotopic (exact) mass is 278 g/mol. The number of anilines is 1. The molecule has 1 fully saturated rings. The normalized spacial score (nSPS) is 24.9. The van der Waals surface area contributed by atoms with Crippen LogP contribution in [0.25, 0.3) is 0 Å². The van der Waals surface area contributed by atoms with Gasteiger partial charge in [0.2, 0.25) is 0 Å². The summed E-state index contributed by atoms with van der Waals surface area (Å²) >= 11 is 0. The Balaban J connectivity index is 1.93. The molecule has 1 aliphatic rings. The number of nitrogens with two attached hydrogens (primary N) is 1. The van der Waals surface area contributed by atoms with E-state index in [1.54, 1.807) is 13.3 Å². The van der Waals surface area contributed by atoms with E-state index in [0.717, 1.165) is 32.8 Å². The SMILES string of the molecule is COCCN1[C@H](C)CN(Cc2ccnc(N)c2)C[C@@H]1C. The summed E-state index contributed by atoms with van der Waals surface area (Å²) in [5, 5.41) is 0. The fourth-order valence-corrected chi connectivity index (χ4v) is 3.08. The molecule has 0 spiro atoms. The Kier molecular flexibility index (Phi) is 5.34. The van der Waals surface area contributed by atoms with E-state index in [9.17, 15) is 0 Å². The van der Waals surface area contributed by atoms with Gasteiger partial charge in [-0.05, 0) is 31.5 Å². The highest BCUT2D eigenvalue weighted by molar-refractivity contribution is 5.31. The van der Waals surface area contributed by atoms with Crippen molar-refractivity contribution in [1.29, 1.82) is 0 Å². The molecule has 2 heterocycles. The number of rotatable bonds is 5. The van der Waals surface area contributed by atoms with Gasteiger partial charge in [0.05, 0.1) is 6.61 Å². The van der Waals surface area contributed by atoms with Gasteiger partial charge in [-0.15, -0.1) is 0 Å². The molecular formula is C15H26N4O. The molecule has 1 aromatic rings. The van der Waals surface area contributed by atoms with Crippen LogP contribution in [0.5, 0.6) is 0 Å². The lowest BCUT2D eigenvalue weighted by molar-refractivity contribution is 0.0179. The van der Waals surface area contributed by atoms with E-state index in [1.807, 2.05) is 12.1 Å². The van der Waals surface area contributed by atoms with Crippen molar-refractivity contribution in [3.8, 4) is 0 Å². The molecule has 0 aliphatic carbocycles. The van der Waals surface area contributed by atoms with Crippen LogP contribution in [0.3, 0.4) is 0 Å². The quantitative estimate of drug-likeness (QED) is 0.877. The predicted octanol–water partition coefficient (Wildman–Crippen LogP) is 1.20. The first-order valence-electron chi connectivity index (χ1n) is 7.27. The van der Waals surface area contributed by atoms with Crippen LogP contribution in [-0.4, -0.2) is 60.2 Å². The summed E-state index contributed by atoms with van der Waals surface area (Å²) in [5.74, 6) is 0.599. The van der Waals surface area contributed by atoms with Crippen molar-refractivity contribution in [3.05, 3.63) is 23.9 Å². The maximum absolute atomic E-state index is 5.74. The molecule has 0 unspecified atom stereocenters. The van der Waals surface area contributed by atoms with Crippen molar-refractivity contribution in [2.45, 2.75) is 32.5 Å². The Labute approximate surface area is 121 Å². The molecule has 2 N–H and O–H groups in total. The van der Waals surface area contributed by atoms with Crippen molar-refractivity contribution in [1.82, 2.24) is 14.8 Å². The van der Waals surface area contributed by atoms with Gasteiger partial charge in [-0.3, -0.25) is 9.80 Å². The van der Waals surface area contributed by atoms with Crippen LogP contribution < -0.4 is 5.73 Å². The first kappa shape index (κ1) is 15.2. The van der Waals surface area contributed by atoms with Crippen LogP contribution in [-0.2, 0) is 11.3 Å². The van der Waals surface area contributed by atoms with Crippen LogP contribution in [0.4, 0.5) is 5.82 Å². The van der Waals surface area contributed by atoms with Gasteiger partial charge in [-0.1, -0.05) is 0 Å². The third-order valence-corrected chi connectivity index (χ3v) is 3.98. The standard InChI is InChI=1S/C15H26N4O/c1-12-9-18(10-13(2)19(12)6-7-20-3)11-14-4-5-17-15(16)8-14/h4-5,8,12-13H,6-7,9-11H2,1-3H3,(H2,16,17)/t12-,13+. The molecule has 5 nitrogen and oxygen atoms in total. The highest BCUT2D eigenvalue weighted by atomic mass is 16.5. The minimum absolute atomic E-state index is 0.549. The summed E-state index contributed by atoms with van der Waals surface area (Å²) in [7, 11) is 1.76. The average Bonchev–Trinajstić information content (AvgIpc) is 2.38. The summed E-state index contributed by atoms with van der Waals surface area (Å²) < 4.78 is 5.20. The van der Waals surface area contributed by atoms with E-state index in [4.69, 9.17) is 10.5 Å². The van der Waals surface area contributed by atoms with E-state index < -0.39 is 0 Å². The fourth-order valence-electron chi connectivity index (χ4n) is 3.08. The van der Waals surface area contributed by atoms with Gasteiger partial charge in [0.1, 0.15) is 5.82 Å². The number of hydrogen-bond donors (Lipinski definition) is 1. The summed E-state index contributed by atoms with van der Waals surface area (Å²) in [6.45, 7) is 9.50. The molecule has 0 bridgehead atoms. The molecule has 0 aromatic carbocycles. The van der Waals surface area contributed by atoms with Crippen LogP contribution in [0, 0.1) is 0 Å². The molecule has 2 rings (SSSR count). The van der Waals surface area contributed by atoms with Crippen molar-refractivity contribution < 1.29 is 4.74 Å². The minimum Gasteiger partial charge on any atom is -0.384 e. The van der Waals surface area contributed by atoms with Crippen molar-refractivity contribution in [2.24, 2.45) is 0 Å². The second-order valence-corrected chi connectivity index (χ2v) is 5.71. The maximum Gasteiger partial charge on any atom is 0.123 e. The fraction of sp³-hybridized carbons (Fsp3) is 0.667. The van der Waals surface area contributed by atoms with Gasteiger partial charge in [0.15, 0.2) is 0 Å². The second-order valence-electron chi connectivity index (χ2n) is 5.71. The molecule has 1 aliphatic heterocycles. The smallest absolute Gasteiger partial charge is 0.123 e. The second kappa shape index (κ2) is 7.02. The van der Waals surface area contributed by atoms with Gasteiger partial charge in [-0.25, -0.2) is 4.98 Å². The maximum atomic E-state index is 5.74. The lowest BCUT2D eigenvalue weighted by Crippen LogP contribution is -2.56. The molecule has 5 heteroatoms. The minimum atomic E-state index is 0.549. The van der Waals surface area contributed by atoms with Crippen LogP contribution in [0.15, 0.2) is 18.3 Å². The number of methoxy groups -OCH3 is 1. The van der Waals surface area contributed by atoms with E-state index in [0.29, 0.717) is 17.9 Å². The average molecular weight is 278 g/mol. The zero-order valence-electron chi connectivity index (χ0n) is 12.7. The summed E-state index contributed by atoms with van der Waals surface area (Å²) in [6.07, 6.45) is 1.78. The number of nitrogens with zero attached hydrogens (tertiary/aromatic N) is 3. The topological polar surface area (TPSA) is 54.6 Å². The predicted molar refractivity (Wildman–Crippen MR) is 81.4 cm³/mol. The lowest BCUT2D eigenvalue weighted by atomic mass is 10.1. The van der Waals surface area contributed by atoms with Gasteiger partial charge >= 0.3 is 0 Å².